The predicted octanol–water partition coefficient (Wildman–Crippen LogP) is 1.78. The van der Waals surface area contributed by atoms with Crippen molar-refractivity contribution in [2.75, 3.05) is 20.3 Å². The molecule has 0 fully saturated rings. The molecule has 2 N–H and O–H groups in total. The molecular formula is C13H17N3O3. The molecule has 6 nitrogen and oxygen atoms in total. The summed E-state index contributed by atoms with van der Waals surface area (Å²) in [5.74, 6) is 1.52. The lowest BCUT2D eigenvalue weighted by molar-refractivity contribution is 0.177. The third-order valence-corrected chi connectivity index (χ3v) is 2.54. The second-order valence-electron chi connectivity index (χ2n) is 3.95. The minimum Gasteiger partial charge on any atom is -0.493 e. The molecule has 19 heavy (non-hydrogen) atoms. The Morgan fingerprint density at radius 2 is 2.16 bits per heavy atom. The van der Waals surface area contributed by atoms with E-state index >= 15 is 0 Å². The van der Waals surface area contributed by atoms with Gasteiger partial charge in [0.05, 0.1) is 24.8 Å². The number of rotatable bonds is 6. The Hall–Kier alpha value is -1.92. The maximum atomic E-state index is 5.85. The molecule has 0 radical (unpaired) electrons. The van der Waals surface area contributed by atoms with Crippen LogP contribution in [0.2, 0.25) is 0 Å². The first-order valence-electron chi connectivity index (χ1n) is 6.06. The van der Waals surface area contributed by atoms with Gasteiger partial charge in [-0.25, -0.2) is 0 Å². The zero-order valence-electron chi connectivity index (χ0n) is 11.0. The van der Waals surface area contributed by atoms with Gasteiger partial charge in [-0.3, -0.25) is 0 Å². The molecule has 1 aromatic carbocycles. The molecular weight excluding hydrogens is 246 g/mol. The number of hydrogen-bond donors (Lipinski definition) is 1. The van der Waals surface area contributed by atoms with Crippen LogP contribution in [0.4, 0.5) is 0 Å². The number of methoxy groups -OCH3 is 1. The number of hydrogen-bond acceptors (Lipinski definition) is 6. The summed E-state index contributed by atoms with van der Waals surface area (Å²) in [7, 11) is 1.57. The van der Waals surface area contributed by atoms with E-state index in [9.17, 15) is 0 Å². The highest BCUT2D eigenvalue weighted by atomic mass is 16.5. The fraction of sp³-hybridized carbons (Fsp3) is 0.385. The first-order valence-corrected chi connectivity index (χ1v) is 6.06. The van der Waals surface area contributed by atoms with Gasteiger partial charge >= 0.3 is 0 Å². The highest BCUT2D eigenvalue weighted by Gasteiger charge is 2.17. The molecule has 102 valence electrons. The molecule has 0 saturated heterocycles. The van der Waals surface area contributed by atoms with E-state index in [1.165, 1.54) is 0 Å². The molecule has 1 unspecified atom stereocenters. The van der Waals surface area contributed by atoms with Gasteiger partial charge in [0.15, 0.2) is 5.82 Å². The maximum Gasteiger partial charge on any atom is 0.261 e. The molecule has 0 bridgehead atoms. The van der Waals surface area contributed by atoms with Gasteiger partial charge in [-0.05, 0) is 19.1 Å². The lowest BCUT2D eigenvalue weighted by atomic mass is 10.2. The van der Waals surface area contributed by atoms with Crippen LogP contribution in [0.1, 0.15) is 18.8 Å². The van der Waals surface area contributed by atoms with Gasteiger partial charge in [-0.2, -0.15) is 4.98 Å². The van der Waals surface area contributed by atoms with Crippen LogP contribution in [0.15, 0.2) is 28.8 Å². The van der Waals surface area contributed by atoms with Crippen molar-refractivity contribution in [2.24, 2.45) is 5.73 Å². The lowest BCUT2D eigenvalue weighted by Gasteiger charge is -2.06. The maximum absolute atomic E-state index is 5.85. The van der Waals surface area contributed by atoms with Gasteiger partial charge < -0.3 is 19.7 Å². The van der Waals surface area contributed by atoms with Crippen molar-refractivity contribution in [3.05, 3.63) is 30.1 Å². The first-order chi connectivity index (χ1) is 9.26. The summed E-state index contributed by atoms with van der Waals surface area (Å²) in [4.78, 5) is 4.28. The summed E-state index contributed by atoms with van der Waals surface area (Å²) < 4.78 is 15.7. The smallest absolute Gasteiger partial charge is 0.261 e. The van der Waals surface area contributed by atoms with E-state index < -0.39 is 6.04 Å². The standard InChI is InChI=1S/C13H17N3O3/c1-3-18-11-7-5-4-6-9(11)13-15-12(16-19-13)10(14)8-17-2/h4-7,10H,3,8,14H2,1-2H3. The molecule has 0 spiro atoms. The van der Waals surface area contributed by atoms with Gasteiger partial charge in [0.25, 0.3) is 5.89 Å². The largest absolute Gasteiger partial charge is 0.493 e. The Morgan fingerprint density at radius 1 is 1.37 bits per heavy atom. The van der Waals surface area contributed by atoms with Crippen molar-refractivity contribution < 1.29 is 14.0 Å². The Labute approximate surface area is 111 Å². The molecule has 1 atom stereocenters. The predicted molar refractivity (Wildman–Crippen MR) is 69.7 cm³/mol. The van der Waals surface area contributed by atoms with Crippen molar-refractivity contribution in [1.82, 2.24) is 10.1 Å². The van der Waals surface area contributed by atoms with Crippen LogP contribution >= 0.6 is 0 Å². The van der Waals surface area contributed by atoms with E-state index in [0.717, 1.165) is 5.56 Å². The van der Waals surface area contributed by atoms with E-state index in [2.05, 4.69) is 10.1 Å². The average molecular weight is 263 g/mol. The molecule has 6 heteroatoms. The summed E-state index contributed by atoms with van der Waals surface area (Å²) in [6.07, 6.45) is 0. The third kappa shape index (κ3) is 3.10. The van der Waals surface area contributed by atoms with Crippen LogP contribution in [0.25, 0.3) is 11.5 Å². The zero-order valence-corrected chi connectivity index (χ0v) is 11.0. The van der Waals surface area contributed by atoms with E-state index in [1.807, 2.05) is 31.2 Å². The van der Waals surface area contributed by atoms with Crippen LogP contribution in [0.3, 0.4) is 0 Å². The normalized spacial score (nSPS) is 12.4. The summed E-state index contributed by atoms with van der Waals surface area (Å²) in [6, 6.07) is 7.10. The second kappa shape index (κ2) is 6.31. The van der Waals surface area contributed by atoms with Gasteiger partial charge in [-0.15, -0.1) is 0 Å². The Balaban J connectivity index is 2.27. The average Bonchev–Trinajstić information content (AvgIpc) is 2.90. The number of aromatic nitrogens is 2. The lowest BCUT2D eigenvalue weighted by Crippen LogP contribution is -2.17. The molecule has 0 aliphatic rings. The fourth-order valence-electron chi connectivity index (χ4n) is 1.67. The second-order valence-corrected chi connectivity index (χ2v) is 3.95. The molecule has 0 aliphatic heterocycles. The molecule has 0 saturated carbocycles. The molecule has 2 aromatic rings. The first kappa shape index (κ1) is 13.5. The van der Waals surface area contributed by atoms with E-state index in [1.54, 1.807) is 7.11 Å². The monoisotopic (exact) mass is 263 g/mol. The minimum absolute atomic E-state index is 0.339. The third-order valence-electron chi connectivity index (χ3n) is 2.54. The number of benzene rings is 1. The van der Waals surface area contributed by atoms with Crippen molar-refractivity contribution in [3.8, 4) is 17.2 Å². The van der Waals surface area contributed by atoms with Gasteiger partial charge in [0.2, 0.25) is 0 Å². The number of nitrogens with two attached hydrogens (primary N) is 1. The van der Waals surface area contributed by atoms with E-state index in [0.29, 0.717) is 30.7 Å². The summed E-state index contributed by atoms with van der Waals surface area (Å²) in [6.45, 7) is 2.83. The molecule has 1 aromatic heterocycles. The van der Waals surface area contributed by atoms with Crippen molar-refractivity contribution in [3.63, 3.8) is 0 Å². The Morgan fingerprint density at radius 3 is 2.89 bits per heavy atom. The highest BCUT2D eigenvalue weighted by Crippen LogP contribution is 2.28. The molecule has 0 aliphatic carbocycles. The van der Waals surface area contributed by atoms with E-state index in [-0.39, 0.29) is 0 Å². The SMILES string of the molecule is CCOc1ccccc1-c1nc(C(N)COC)no1. The minimum atomic E-state index is -0.401. The van der Waals surface area contributed by atoms with Crippen LogP contribution in [0.5, 0.6) is 5.75 Å². The van der Waals surface area contributed by atoms with E-state index in [4.69, 9.17) is 19.7 Å². The Bertz CT molecular complexity index is 527. The molecule has 1 heterocycles. The summed E-state index contributed by atoms with van der Waals surface area (Å²) >= 11 is 0. The van der Waals surface area contributed by atoms with Crippen LogP contribution < -0.4 is 10.5 Å². The van der Waals surface area contributed by atoms with Crippen molar-refractivity contribution in [2.45, 2.75) is 13.0 Å². The quantitative estimate of drug-likeness (QED) is 0.855. The zero-order chi connectivity index (χ0) is 13.7. The van der Waals surface area contributed by atoms with Crippen molar-refractivity contribution >= 4 is 0 Å². The highest BCUT2D eigenvalue weighted by molar-refractivity contribution is 5.62. The van der Waals surface area contributed by atoms with Gasteiger partial charge in [-0.1, -0.05) is 17.3 Å². The summed E-state index contributed by atoms with van der Waals surface area (Å²) in [5, 5.41) is 3.87. The number of ether oxygens (including phenoxy) is 2. The van der Waals surface area contributed by atoms with Crippen LogP contribution in [0, 0.1) is 0 Å². The summed E-state index contributed by atoms with van der Waals surface area (Å²) in [5.41, 5.74) is 6.61. The topological polar surface area (TPSA) is 83.4 Å². The number of para-hydroxylation sites is 1. The van der Waals surface area contributed by atoms with Crippen LogP contribution in [-0.2, 0) is 4.74 Å². The molecule has 0 amide bonds. The van der Waals surface area contributed by atoms with Crippen LogP contribution in [-0.4, -0.2) is 30.5 Å². The Kier molecular flexibility index (Phi) is 4.48. The fourth-order valence-corrected chi connectivity index (χ4v) is 1.67. The van der Waals surface area contributed by atoms with Gasteiger partial charge in [0, 0.05) is 7.11 Å². The van der Waals surface area contributed by atoms with Crippen molar-refractivity contribution in [1.29, 1.82) is 0 Å². The number of nitrogens with zero attached hydrogens (tertiary/aromatic N) is 2. The van der Waals surface area contributed by atoms with Gasteiger partial charge in [0.1, 0.15) is 5.75 Å². The molecule has 2 rings (SSSR count).